The van der Waals surface area contributed by atoms with Crippen LogP contribution in [0, 0.1) is 0 Å². The number of pyridine rings is 1. The topological polar surface area (TPSA) is 78.2 Å². The molecule has 8 nitrogen and oxygen atoms in total. The van der Waals surface area contributed by atoms with E-state index < -0.39 is 0 Å². The molecule has 0 saturated carbocycles. The standard InChI is InChI=1S/C28H28N6O2S/c1-33-19-22(18-30-33)26-27(25-4-2-15-37-25)32-28-24(31-26)16-21(17-29-28)20-5-7-23(8-6-20)36-12-3-9-34-10-13-35-14-11-34/h2,4-8,15-19H,3,9-14H2,1H3. The highest BCUT2D eigenvalue weighted by atomic mass is 32.1. The van der Waals surface area contributed by atoms with E-state index in [1.54, 1.807) is 16.0 Å². The maximum absolute atomic E-state index is 5.97. The first-order valence-electron chi connectivity index (χ1n) is 12.5. The van der Waals surface area contributed by atoms with Crippen LogP contribution in [-0.4, -0.2) is 69.1 Å². The Labute approximate surface area is 219 Å². The number of rotatable bonds is 8. The smallest absolute Gasteiger partial charge is 0.178 e. The fourth-order valence-corrected chi connectivity index (χ4v) is 5.20. The SMILES string of the molecule is Cn1cc(-c2nc3cc(-c4ccc(OCCCN5CCOCC5)cc4)cnc3nc2-c2cccs2)cn1. The van der Waals surface area contributed by atoms with Gasteiger partial charge in [-0.25, -0.2) is 15.0 Å². The van der Waals surface area contributed by atoms with E-state index in [-0.39, 0.29) is 0 Å². The van der Waals surface area contributed by atoms with Gasteiger partial charge >= 0.3 is 0 Å². The van der Waals surface area contributed by atoms with E-state index in [2.05, 4.69) is 33.2 Å². The van der Waals surface area contributed by atoms with Crippen molar-refractivity contribution in [2.24, 2.45) is 7.05 Å². The van der Waals surface area contributed by atoms with Crippen molar-refractivity contribution in [3.63, 3.8) is 0 Å². The quantitative estimate of drug-likeness (QED) is 0.273. The summed E-state index contributed by atoms with van der Waals surface area (Å²) >= 11 is 1.64. The van der Waals surface area contributed by atoms with Gasteiger partial charge in [-0.15, -0.1) is 11.3 Å². The molecule has 188 valence electrons. The molecule has 9 heteroatoms. The minimum atomic E-state index is 0.625. The summed E-state index contributed by atoms with van der Waals surface area (Å²) in [7, 11) is 1.90. The van der Waals surface area contributed by atoms with Crippen LogP contribution in [0.4, 0.5) is 0 Å². The van der Waals surface area contributed by atoms with E-state index in [0.717, 1.165) is 83.5 Å². The number of aromatic nitrogens is 5. The van der Waals surface area contributed by atoms with Crippen molar-refractivity contribution in [1.29, 1.82) is 0 Å². The van der Waals surface area contributed by atoms with Crippen LogP contribution in [0.15, 0.2) is 66.4 Å². The molecule has 6 rings (SSSR count). The van der Waals surface area contributed by atoms with Crippen LogP contribution in [0.1, 0.15) is 6.42 Å². The lowest BCUT2D eigenvalue weighted by molar-refractivity contribution is 0.0358. The first kappa shape index (κ1) is 23.7. The average molecular weight is 513 g/mol. The van der Waals surface area contributed by atoms with Gasteiger partial charge in [0.05, 0.1) is 30.9 Å². The van der Waals surface area contributed by atoms with E-state index in [1.165, 1.54) is 0 Å². The molecule has 0 radical (unpaired) electrons. The van der Waals surface area contributed by atoms with Crippen LogP contribution in [0.3, 0.4) is 0 Å². The van der Waals surface area contributed by atoms with Gasteiger partial charge in [-0.1, -0.05) is 18.2 Å². The molecular weight excluding hydrogens is 484 g/mol. The molecular formula is C28H28N6O2S. The van der Waals surface area contributed by atoms with Crippen molar-refractivity contribution >= 4 is 22.5 Å². The zero-order valence-corrected chi connectivity index (χ0v) is 21.5. The fraction of sp³-hybridized carbons (Fsp3) is 0.286. The Morgan fingerprint density at radius 3 is 2.59 bits per heavy atom. The Morgan fingerprint density at radius 2 is 1.84 bits per heavy atom. The van der Waals surface area contributed by atoms with E-state index in [4.69, 9.17) is 19.4 Å². The van der Waals surface area contributed by atoms with Crippen molar-refractivity contribution in [3.05, 3.63) is 66.4 Å². The lowest BCUT2D eigenvalue weighted by atomic mass is 10.1. The largest absolute Gasteiger partial charge is 0.494 e. The molecule has 1 aliphatic rings. The van der Waals surface area contributed by atoms with Crippen LogP contribution < -0.4 is 4.74 Å². The first-order valence-corrected chi connectivity index (χ1v) is 13.3. The second-order valence-electron chi connectivity index (χ2n) is 9.05. The lowest BCUT2D eigenvalue weighted by Crippen LogP contribution is -2.37. The van der Waals surface area contributed by atoms with Crippen LogP contribution >= 0.6 is 11.3 Å². The van der Waals surface area contributed by atoms with Gasteiger partial charge in [-0.05, 0) is 41.6 Å². The molecule has 1 fully saturated rings. The van der Waals surface area contributed by atoms with Crippen LogP contribution in [0.5, 0.6) is 5.75 Å². The van der Waals surface area contributed by atoms with Gasteiger partial charge in [0, 0.05) is 50.2 Å². The number of ether oxygens (including phenoxy) is 2. The predicted molar refractivity (Wildman–Crippen MR) is 146 cm³/mol. The first-order chi connectivity index (χ1) is 18.2. The van der Waals surface area contributed by atoms with E-state index in [0.29, 0.717) is 12.3 Å². The lowest BCUT2D eigenvalue weighted by Gasteiger charge is -2.26. The Kier molecular flexibility index (Phi) is 6.90. The van der Waals surface area contributed by atoms with E-state index in [9.17, 15) is 0 Å². The van der Waals surface area contributed by atoms with Gasteiger partial charge in [0.1, 0.15) is 22.7 Å². The van der Waals surface area contributed by atoms with Crippen molar-refractivity contribution in [2.75, 3.05) is 39.5 Å². The number of fused-ring (bicyclic) bond motifs is 1. The summed E-state index contributed by atoms with van der Waals surface area (Å²) in [4.78, 5) is 18.0. The molecule has 0 atom stereocenters. The number of nitrogens with zero attached hydrogens (tertiary/aromatic N) is 6. The minimum Gasteiger partial charge on any atom is -0.494 e. The Hall–Kier alpha value is -3.66. The number of benzene rings is 1. The second-order valence-corrected chi connectivity index (χ2v) is 10.00. The Bertz CT molecular complexity index is 1480. The molecule has 0 N–H and O–H groups in total. The number of thiophene rings is 1. The van der Waals surface area contributed by atoms with Crippen LogP contribution in [0.2, 0.25) is 0 Å². The molecule has 0 unspecified atom stereocenters. The van der Waals surface area contributed by atoms with Crippen molar-refractivity contribution in [2.45, 2.75) is 6.42 Å². The zero-order chi connectivity index (χ0) is 25.0. The Balaban J connectivity index is 1.21. The minimum absolute atomic E-state index is 0.625. The summed E-state index contributed by atoms with van der Waals surface area (Å²) in [6, 6.07) is 14.3. The van der Waals surface area contributed by atoms with Gasteiger partial charge in [-0.2, -0.15) is 5.10 Å². The number of aryl methyl sites for hydroxylation is 1. The van der Waals surface area contributed by atoms with Crippen LogP contribution in [-0.2, 0) is 11.8 Å². The maximum atomic E-state index is 5.97. The molecule has 0 amide bonds. The van der Waals surface area contributed by atoms with E-state index >= 15 is 0 Å². The van der Waals surface area contributed by atoms with Gasteiger partial charge in [0.25, 0.3) is 0 Å². The zero-order valence-electron chi connectivity index (χ0n) is 20.7. The summed E-state index contributed by atoms with van der Waals surface area (Å²) in [5.41, 5.74) is 5.98. The van der Waals surface area contributed by atoms with E-state index in [1.807, 2.05) is 55.3 Å². The molecule has 4 aromatic heterocycles. The fourth-order valence-electron chi connectivity index (χ4n) is 4.48. The summed E-state index contributed by atoms with van der Waals surface area (Å²) in [5, 5.41) is 6.38. The van der Waals surface area contributed by atoms with Crippen LogP contribution in [0.25, 0.3) is 44.1 Å². The third kappa shape index (κ3) is 5.39. The normalized spacial score (nSPS) is 14.3. The summed E-state index contributed by atoms with van der Waals surface area (Å²) in [6.45, 7) is 5.43. The summed E-state index contributed by atoms with van der Waals surface area (Å²) < 4.78 is 13.2. The third-order valence-corrected chi connectivity index (χ3v) is 7.31. The monoisotopic (exact) mass is 512 g/mol. The highest BCUT2D eigenvalue weighted by molar-refractivity contribution is 7.13. The van der Waals surface area contributed by atoms with Crippen molar-refractivity contribution in [1.82, 2.24) is 29.6 Å². The third-order valence-electron chi connectivity index (χ3n) is 6.43. The molecule has 5 heterocycles. The number of hydrogen-bond acceptors (Lipinski definition) is 8. The molecule has 1 aromatic carbocycles. The molecule has 0 spiro atoms. The maximum Gasteiger partial charge on any atom is 0.178 e. The summed E-state index contributed by atoms with van der Waals surface area (Å²) in [6.07, 6.45) is 6.65. The molecule has 0 aliphatic carbocycles. The molecule has 37 heavy (non-hydrogen) atoms. The number of morpholine rings is 1. The predicted octanol–water partition coefficient (Wildman–Crippen LogP) is 4.92. The van der Waals surface area contributed by atoms with Gasteiger partial charge in [0.15, 0.2) is 5.65 Å². The van der Waals surface area contributed by atoms with Gasteiger partial charge < -0.3 is 9.47 Å². The Morgan fingerprint density at radius 1 is 0.973 bits per heavy atom. The second kappa shape index (κ2) is 10.8. The molecule has 1 aliphatic heterocycles. The molecule has 5 aromatic rings. The van der Waals surface area contributed by atoms with Gasteiger partial charge in [0.2, 0.25) is 0 Å². The van der Waals surface area contributed by atoms with Crippen molar-refractivity contribution < 1.29 is 9.47 Å². The average Bonchev–Trinajstić information content (AvgIpc) is 3.63. The summed E-state index contributed by atoms with van der Waals surface area (Å²) in [5.74, 6) is 0.874. The number of hydrogen-bond donors (Lipinski definition) is 0. The molecule has 0 bridgehead atoms. The highest BCUT2D eigenvalue weighted by Gasteiger charge is 2.16. The highest BCUT2D eigenvalue weighted by Crippen LogP contribution is 2.34. The van der Waals surface area contributed by atoms with Gasteiger partial charge in [-0.3, -0.25) is 9.58 Å². The van der Waals surface area contributed by atoms with Crippen molar-refractivity contribution in [3.8, 4) is 38.7 Å². The molecule has 1 saturated heterocycles.